The monoisotopic (exact) mass is 511 g/mol. The summed E-state index contributed by atoms with van der Waals surface area (Å²) in [7, 11) is 0. The van der Waals surface area contributed by atoms with Gasteiger partial charge in [0.25, 0.3) is 0 Å². The number of nitrogens with one attached hydrogen (secondary N) is 2. The molecule has 12 heteroatoms. The number of likely N-dealkylation sites (N-methyl/N-ethyl adjacent to an activating group) is 1. The molecule has 1 aromatic rings. The van der Waals surface area contributed by atoms with Gasteiger partial charge in [0.05, 0.1) is 23.8 Å². The first-order valence-electron chi connectivity index (χ1n) is 12.0. The molecule has 0 saturated carbocycles. The van der Waals surface area contributed by atoms with Crippen LogP contribution in [0.15, 0.2) is 35.5 Å². The van der Waals surface area contributed by atoms with Crippen molar-refractivity contribution in [2.75, 3.05) is 52.4 Å². The molecule has 9 nitrogen and oxygen atoms in total. The van der Waals surface area contributed by atoms with Crippen LogP contribution >= 0.6 is 0 Å². The Morgan fingerprint density at radius 1 is 1.11 bits per heavy atom. The molecule has 2 aliphatic heterocycles. The number of carbonyl (C=O) groups is 3. The third kappa shape index (κ3) is 5.92. The molecule has 0 radical (unpaired) electrons. The van der Waals surface area contributed by atoms with Crippen LogP contribution in [-0.2, 0) is 15.7 Å². The van der Waals surface area contributed by atoms with E-state index in [0.29, 0.717) is 38.4 Å². The summed E-state index contributed by atoms with van der Waals surface area (Å²) in [6, 6.07) is 2.80. The summed E-state index contributed by atoms with van der Waals surface area (Å²) in [5.41, 5.74) is -0.887. The Balaban J connectivity index is 2.02. The van der Waals surface area contributed by atoms with Gasteiger partial charge in [-0.1, -0.05) is 18.2 Å². The van der Waals surface area contributed by atoms with Crippen molar-refractivity contribution in [1.82, 2.24) is 25.3 Å². The zero-order valence-corrected chi connectivity index (χ0v) is 20.7. The summed E-state index contributed by atoms with van der Waals surface area (Å²) < 4.78 is 46.8. The standard InChI is InChI=1S/C24H32F3N5O4/c1-4-28-22(34)31-13-11-30(12-14-31)15-18-19(21(33)36-6-3)20(29-23(35)32(18)5-2)16-9-7-8-10-17(16)24(25,26)27/h7-10,20H,4-6,11-15H2,1-3H3,(H,28,34)(H,29,35). The minimum absolute atomic E-state index is 0.0224. The van der Waals surface area contributed by atoms with Crippen molar-refractivity contribution in [3.05, 3.63) is 46.7 Å². The molecule has 1 atom stereocenters. The summed E-state index contributed by atoms with van der Waals surface area (Å²) in [5, 5.41) is 5.34. The molecule has 0 aromatic heterocycles. The van der Waals surface area contributed by atoms with Crippen molar-refractivity contribution < 1.29 is 32.3 Å². The molecular weight excluding hydrogens is 479 g/mol. The predicted molar refractivity (Wildman–Crippen MR) is 126 cm³/mol. The van der Waals surface area contributed by atoms with E-state index in [0.717, 1.165) is 6.07 Å². The Bertz CT molecular complexity index is 1010. The first-order chi connectivity index (χ1) is 17.1. The van der Waals surface area contributed by atoms with Crippen LogP contribution in [0.3, 0.4) is 0 Å². The van der Waals surface area contributed by atoms with Crippen LogP contribution in [0.4, 0.5) is 22.8 Å². The lowest BCUT2D eigenvalue weighted by Gasteiger charge is -2.40. The van der Waals surface area contributed by atoms with Gasteiger partial charge in [-0.3, -0.25) is 9.80 Å². The molecule has 2 heterocycles. The van der Waals surface area contributed by atoms with Gasteiger partial charge in [-0.15, -0.1) is 0 Å². The Morgan fingerprint density at radius 3 is 2.36 bits per heavy atom. The number of rotatable bonds is 7. The second-order valence-electron chi connectivity index (χ2n) is 8.39. The number of amides is 4. The molecule has 2 N–H and O–H groups in total. The van der Waals surface area contributed by atoms with Gasteiger partial charge in [-0.05, 0) is 32.4 Å². The summed E-state index contributed by atoms with van der Waals surface area (Å²) in [5.74, 6) is -0.783. The maximum Gasteiger partial charge on any atom is 0.416 e. The number of ether oxygens (including phenoxy) is 1. The van der Waals surface area contributed by atoms with Gasteiger partial charge in [-0.2, -0.15) is 13.2 Å². The number of halogens is 3. The molecule has 3 rings (SSSR count). The van der Waals surface area contributed by atoms with Gasteiger partial charge in [0, 0.05) is 51.5 Å². The Kier molecular flexibility index (Phi) is 8.83. The summed E-state index contributed by atoms with van der Waals surface area (Å²) in [6.45, 7) is 7.86. The van der Waals surface area contributed by atoms with Crippen LogP contribution in [0.5, 0.6) is 0 Å². The molecule has 0 spiro atoms. The summed E-state index contributed by atoms with van der Waals surface area (Å²) in [4.78, 5) is 43.3. The Hall–Kier alpha value is -3.28. The highest BCUT2D eigenvalue weighted by molar-refractivity contribution is 5.95. The fourth-order valence-corrected chi connectivity index (χ4v) is 4.48. The van der Waals surface area contributed by atoms with E-state index < -0.39 is 29.8 Å². The third-order valence-corrected chi connectivity index (χ3v) is 6.19. The number of carbonyl (C=O) groups excluding carboxylic acids is 3. The van der Waals surface area contributed by atoms with Crippen LogP contribution in [0.25, 0.3) is 0 Å². The number of benzene rings is 1. The van der Waals surface area contributed by atoms with Crippen LogP contribution in [0.2, 0.25) is 0 Å². The van der Waals surface area contributed by atoms with Crippen LogP contribution in [0, 0.1) is 0 Å². The molecular formula is C24H32F3N5O4. The van der Waals surface area contributed by atoms with E-state index in [1.807, 2.05) is 11.8 Å². The van der Waals surface area contributed by atoms with E-state index in [9.17, 15) is 27.6 Å². The van der Waals surface area contributed by atoms with E-state index in [1.54, 1.807) is 18.7 Å². The van der Waals surface area contributed by atoms with Gasteiger partial charge < -0.3 is 20.3 Å². The Morgan fingerprint density at radius 2 is 1.78 bits per heavy atom. The molecule has 36 heavy (non-hydrogen) atoms. The Labute approximate surface area is 208 Å². The molecule has 198 valence electrons. The lowest BCUT2D eigenvalue weighted by molar-refractivity contribution is -0.141. The topological polar surface area (TPSA) is 94.2 Å². The predicted octanol–water partition coefficient (Wildman–Crippen LogP) is 2.96. The van der Waals surface area contributed by atoms with Crippen molar-refractivity contribution >= 4 is 18.0 Å². The summed E-state index contributed by atoms with van der Waals surface area (Å²) >= 11 is 0. The third-order valence-electron chi connectivity index (χ3n) is 6.19. The van der Waals surface area contributed by atoms with Crippen molar-refractivity contribution in [2.45, 2.75) is 33.0 Å². The van der Waals surface area contributed by atoms with Crippen molar-refractivity contribution in [3.63, 3.8) is 0 Å². The largest absolute Gasteiger partial charge is 0.463 e. The highest BCUT2D eigenvalue weighted by Crippen LogP contribution is 2.39. The number of alkyl halides is 3. The van der Waals surface area contributed by atoms with E-state index in [-0.39, 0.29) is 36.9 Å². The molecule has 2 aliphatic rings. The van der Waals surface area contributed by atoms with E-state index in [4.69, 9.17) is 4.74 Å². The molecule has 1 unspecified atom stereocenters. The van der Waals surface area contributed by atoms with Crippen LogP contribution in [0.1, 0.15) is 37.9 Å². The first-order valence-corrected chi connectivity index (χ1v) is 12.0. The number of urea groups is 2. The highest BCUT2D eigenvalue weighted by atomic mass is 19.4. The quantitative estimate of drug-likeness (QED) is 0.549. The number of hydrogen-bond acceptors (Lipinski definition) is 5. The molecule has 4 amide bonds. The minimum Gasteiger partial charge on any atom is -0.463 e. The van der Waals surface area contributed by atoms with Gasteiger partial charge in [0.2, 0.25) is 0 Å². The van der Waals surface area contributed by atoms with Crippen molar-refractivity contribution in [2.24, 2.45) is 0 Å². The number of hydrogen-bond donors (Lipinski definition) is 2. The molecule has 1 fully saturated rings. The van der Waals surface area contributed by atoms with Crippen LogP contribution in [-0.4, -0.2) is 85.2 Å². The van der Waals surface area contributed by atoms with Crippen molar-refractivity contribution in [1.29, 1.82) is 0 Å². The maximum absolute atomic E-state index is 13.8. The second-order valence-corrected chi connectivity index (χ2v) is 8.39. The normalized spacial score (nSPS) is 19.3. The average Bonchev–Trinajstić information content (AvgIpc) is 2.84. The summed E-state index contributed by atoms with van der Waals surface area (Å²) in [6.07, 6.45) is -4.68. The smallest absolute Gasteiger partial charge is 0.416 e. The van der Waals surface area contributed by atoms with Gasteiger partial charge >= 0.3 is 24.2 Å². The van der Waals surface area contributed by atoms with Crippen LogP contribution < -0.4 is 10.6 Å². The van der Waals surface area contributed by atoms with E-state index >= 15 is 0 Å². The minimum atomic E-state index is -4.68. The number of nitrogens with zero attached hydrogens (tertiary/aromatic N) is 3. The van der Waals surface area contributed by atoms with Gasteiger partial charge in [0.15, 0.2) is 0 Å². The van der Waals surface area contributed by atoms with Gasteiger partial charge in [0.1, 0.15) is 0 Å². The molecule has 0 bridgehead atoms. The van der Waals surface area contributed by atoms with Gasteiger partial charge in [-0.25, -0.2) is 14.4 Å². The number of esters is 1. The highest BCUT2D eigenvalue weighted by Gasteiger charge is 2.43. The zero-order chi connectivity index (χ0) is 26.5. The number of piperazine rings is 1. The van der Waals surface area contributed by atoms with E-state index in [1.165, 1.54) is 23.1 Å². The molecule has 1 saturated heterocycles. The SMILES string of the molecule is CCNC(=O)N1CCN(CC2=C(C(=O)OCC)C(c3ccccc3C(F)(F)F)NC(=O)N2CC)CC1. The fraction of sp³-hybridized carbons (Fsp3) is 0.542. The lowest BCUT2D eigenvalue weighted by atomic mass is 9.90. The lowest BCUT2D eigenvalue weighted by Crippen LogP contribution is -2.55. The zero-order valence-electron chi connectivity index (χ0n) is 20.7. The van der Waals surface area contributed by atoms with E-state index in [2.05, 4.69) is 10.6 Å². The first kappa shape index (κ1) is 27.3. The second kappa shape index (κ2) is 11.6. The average molecular weight is 512 g/mol. The molecule has 0 aliphatic carbocycles. The molecule has 1 aromatic carbocycles. The fourth-order valence-electron chi connectivity index (χ4n) is 4.48. The van der Waals surface area contributed by atoms with Crippen molar-refractivity contribution in [3.8, 4) is 0 Å². The maximum atomic E-state index is 13.8.